The predicted octanol–water partition coefficient (Wildman–Crippen LogP) is 1.01. The molecule has 110 valence electrons. The fourth-order valence-corrected chi connectivity index (χ4v) is 2.51. The summed E-state index contributed by atoms with van der Waals surface area (Å²) in [6, 6.07) is 1.90. The Balaban J connectivity index is 1.99. The molecule has 0 aliphatic heterocycles. The van der Waals surface area contributed by atoms with E-state index >= 15 is 0 Å². The van der Waals surface area contributed by atoms with Crippen molar-refractivity contribution in [3.8, 4) is 22.5 Å². The Morgan fingerprint density at radius 2 is 2.23 bits per heavy atom. The molecule has 0 aromatic carbocycles. The van der Waals surface area contributed by atoms with E-state index in [4.69, 9.17) is 4.98 Å². The van der Waals surface area contributed by atoms with Crippen LogP contribution in [-0.4, -0.2) is 39.7 Å². The first-order valence-electron chi connectivity index (χ1n) is 6.73. The zero-order valence-corrected chi connectivity index (χ0v) is 11.8. The summed E-state index contributed by atoms with van der Waals surface area (Å²) in [4.78, 5) is 4.72. The Bertz CT molecular complexity index is 936. The predicted molar refractivity (Wildman–Crippen MR) is 78.7 cm³/mol. The second kappa shape index (κ2) is 4.78. The van der Waals surface area contributed by atoms with E-state index in [0.29, 0.717) is 11.4 Å². The van der Waals surface area contributed by atoms with Crippen LogP contribution in [-0.2, 0) is 13.7 Å². The normalized spacial score (nSPS) is 11.4. The summed E-state index contributed by atoms with van der Waals surface area (Å²) in [6.07, 6.45) is 8.89. The molecule has 4 aromatic rings. The number of aromatic nitrogens is 7. The molecule has 2 N–H and O–H groups in total. The lowest BCUT2D eigenvalue weighted by molar-refractivity contribution is 0.276. The summed E-state index contributed by atoms with van der Waals surface area (Å²) in [5.74, 6) is 0. The van der Waals surface area contributed by atoms with Gasteiger partial charge in [-0.1, -0.05) is 0 Å². The third kappa shape index (κ3) is 1.89. The van der Waals surface area contributed by atoms with Crippen molar-refractivity contribution in [2.45, 2.75) is 6.61 Å². The standard InChI is InChI=1S/C14H13N7O/c1-20-6-10(12(8-22)19-20)11-7-21-13(2-3-17-21)14(18-11)9-4-15-16-5-9/h2-7,22H,8H2,1H3,(H,15,16). The van der Waals surface area contributed by atoms with Gasteiger partial charge in [0.05, 0.1) is 47.8 Å². The molecule has 0 aliphatic rings. The Morgan fingerprint density at radius 3 is 3.00 bits per heavy atom. The Morgan fingerprint density at radius 1 is 1.32 bits per heavy atom. The van der Waals surface area contributed by atoms with Gasteiger partial charge in [0.15, 0.2) is 0 Å². The Kier molecular flexibility index (Phi) is 2.76. The van der Waals surface area contributed by atoms with Crippen LogP contribution in [0.25, 0.3) is 28.0 Å². The van der Waals surface area contributed by atoms with Crippen molar-refractivity contribution < 1.29 is 5.11 Å². The molecule has 22 heavy (non-hydrogen) atoms. The minimum absolute atomic E-state index is 0.143. The number of hydrogen-bond donors (Lipinski definition) is 2. The number of fused-ring (bicyclic) bond motifs is 1. The molecule has 0 amide bonds. The van der Waals surface area contributed by atoms with Crippen LogP contribution in [0.15, 0.2) is 37.1 Å². The van der Waals surface area contributed by atoms with Crippen molar-refractivity contribution in [1.29, 1.82) is 0 Å². The molecule has 4 aromatic heterocycles. The smallest absolute Gasteiger partial charge is 0.0999 e. The van der Waals surface area contributed by atoms with Gasteiger partial charge in [0.25, 0.3) is 0 Å². The fraction of sp³-hybridized carbons (Fsp3) is 0.143. The highest BCUT2D eigenvalue weighted by Crippen LogP contribution is 2.27. The molecule has 0 aliphatic carbocycles. The minimum Gasteiger partial charge on any atom is -0.390 e. The van der Waals surface area contributed by atoms with Gasteiger partial charge in [-0.15, -0.1) is 0 Å². The van der Waals surface area contributed by atoms with Crippen LogP contribution in [0.4, 0.5) is 0 Å². The van der Waals surface area contributed by atoms with Crippen molar-refractivity contribution in [3.63, 3.8) is 0 Å². The zero-order valence-electron chi connectivity index (χ0n) is 11.8. The first-order chi connectivity index (χ1) is 10.8. The second-order valence-electron chi connectivity index (χ2n) is 4.94. The lowest BCUT2D eigenvalue weighted by Gasteiger charge is -2.06. The summed E-state index contributed by atoms with van der Waals surface area (Å²) in [5, 5.41) is 24.8. The largest absolute Gasteiger partial charge is 0.390 e. The SMILES string of the molecule is Cn1cc(-c2cn3nccc3c(-c3cn[nH]c3)n2)c(CO)n1. The van der Waals surface area contributed by atoms with E-state index in [0.717, 1.165) is 22.3 Å². The molecule has 0 radical (unpaired) electrons. The van der Waals surface area contributed by atoms with Crippen LogP contribution in [0.3, 0.4) is 0 Å². The quantitative estimate of drug-likeness (QED) is 0.588. The molecule has 0 unspecified atom stereocenters. The average Bonchev–Trinajstić information content (AvgIpc) is 3.25. The maximum atomic E-state index is 9.48. The summed E-state index contributed by atoms with van der Waals surface area (Å²) in [6.45, 7) is -0.143. The lowest BCUT2D eigenvalue weighted by Crippen LogP contribution is -1.97. The van der Waals surface area contributed by atoms with Crippen molar-refractivity contribution in [3.05, 3.63) is 42.7 Å². The summed E-state index contributed by atoms with van der Waals surface area (Å²) in [5.41, 5.74) is 4.61. The fourth-order valence-electron chi connectivity index (χ4n) is 2.51. The molecule has 0 atom stereocenters. The second-order valence-corrected chi connectivity index (χ2v) is 4.94. The van der Waals surface area contributed by atoms with Gasteiger partial charge in [0.1, 0.15) is 0 Å². The van der Waals surface area contributed by atoms with Gasteiger partial charge in [-0.2, -0.15) is 15.3 Å². The molecular formula is C14H13N7O. The molecule has 0 fully saturated rings. The van der Waals surface area contributed by atoms with Crippen molar-refractivity contribution in [1.82, 2.24) is 34.6 Å². The monoisotopic (exact) mass is 295 g/mol. The zero-order chi connectivity index (χ0) is 15.1. The molecule has 0 spiro atoms. The first-order valence-corrected chi connectivity index (χ1v) is 6.73. The van der Waals surface area contributed by atoms with Gasteiger partial charge in [0.2, 0.25) is 0 Å². The van der Waals surface area contributed by atoms with E-state index in [-0.39, 0.29) is 6.61 Å². The number of rotatable bonds is 3. The van der Waals surface area contributed by atoms with Crippen LogP contribution >= 0.6 is 0 Å². The summed E-state index contributed by atoms with van der Waals surface area (Å²) >= 11 is 0. The van der Waals surface area contributed by atoms with Gasteiger partial charge in [0, 0.05) is 30.6 Å². The molecule has 0 bridgehead atoms. The molecule has 8 heteroatoms. The average molecular weight is 295 g/mol. The van der Waals surface area contributed by atoms with E-state index in [1.807, 2.05) is 25.5 Å². The van der Waals surface area contributed by atoms with Crippen LogP contribution in [0.2, 0.25) is 0 Å². The molecule has 0 saturated heterocycles. The molecule has 4 rings (SSSR count). The van der Waals surface area contributed by atoms with Gasteiger partial charge in [-0.25, -0.2) is 9.50 Å². The van der Waals surface area contributed by atoms with Crippen LogP contribution in [0.1, 0.15) is 5.69 Å². The summed E-state index contributed by atoms with van der Waals surface area (Å²) in [7, 11) is 1.81. The number of nitrogens with zero attached hydrogens (tertiary/aromatic N) is 6. The van der Waals surface area contributed by atoms with Crippen LogP contribution in [0.5, 0.6) is 0 Å². The highest BCUT2D eigenvalue weighted by molar-refractivity contribution is 5.78. The van der Waals surface area contributed by atoms with E-state index in [9.17, 15) is 5.11 Å². The third-order valence-electron chi connectivity index (χ3n) is 3.49. The number of hydrogen-bond acceptors (Lipinski definition) is 5. The van der Waals surface area contributed by atoms with Crippen LogP contribution in [0, 0.1) is 0 Å². The minimum atomic E-state index is -0.143. The number of H-pyrrole nitrogens is 1. The highest BCUT2D eigenvalue weighted by Gasteiger charge is 2.15. The molecule has 4 heterocycles. The number of aryl methyl sites for hydroxylation is 1. The van der Waals surface area contributed by atoms with Gasteiger partial charge in [-0.05, 0) is 6.07 Å². The van der Waals surface area contributed by atoms with Crippen molar-refractivity contribution in [2.75, 3.05) is 0 Å². The van der Waals surface area contributed by atoms with Gasteiger partial charge < -0.3 is 5.11 Å². The highest BCUT2D eigenvalue weighted by atomic mass is 16.3. The van der Waals surface area contributed by atoms with Crippen LogP contribution < -0.4 is 0 Å². The van der Waals surface area contributed by atoms with E-state index in [1.54, 1.807) is 27.8 Å². The number of aromatic amines is 1. The lowest BCUT2D eigenvalue weighted by atomic mass is 10.1. The molecule has 0 saturated carbocycles. The molecule has 8 nitrogen and oxygen atoms in total. The van der Waals surface area contributed by atoms with E-state index in [2.05, 4.69) is 20.4 Å². The van der Waals surface area contributed by atoms with Crippen molar-refractivity contribution in [2.24, 2.45) is 7.05 Å². The maximum absolute atomic E-state index is 9.48. The number of aliphatic hydroxyl groups is 1. The Labute approximate surface area is 125 Å². The number of nitrogens with one attached hydrogen (secondary N) is 1. The van der Waals surface area contributed by atoms with Gasteiger partial charge >= 0.3 is 0 Å². The first kappa shape index (κ1) is 12.7. The van der Waals surface area contributed by atoms with E-state index < -0.39 is 0 Å². The Hall–Kier alpha value is -3.00. The van der Waals surface area contributed by atoms with Gasteiger partial charge in [-0.3, -0.25) is 9.78 Å². The third-order valence-corrected chi connectivity index (χ3v) is 3.49. The summed E-state index contributed by atoms with van der Waals surface area (Å²) < 4.78 is 3.42. The van der Waals surface area contributed by atoms with E-state index in [1.165, 1.54) is 0 Å². The topological polar surface area (TPSA) is 96.9 Å². The number of aliphatic hydroxyl groups excluding tert-OH is 1. The maximum Gasteiger partial charge on any atom is 0.0999 e. The molecular weight excluding hydrogens is 282 g/mol. The van der Waals surface area contributed by atoms with Crippen molar-refractivity contribution >= 4 is 5.52 Å².